The number of hydrogen-bond acceptors (Lipinski definition) is 8. The van der Waals surface area contributed by atoms with E-state index in [0.717, 1.165) is 11.3 Å². The van der Waals surface area contributed by atoms with Crippen molar-refractivity contribution >= 4 is 23.1 Å². The molecular formula is C32H31N3O7. The molecule has 1 heterocycles. The number of nitro groups is 1. The molecule has 0 bridgehead atoms. The van der Waals surface area contributed by atoms with E-state index in [1.807, 2.05) is 18.2 Å². The van der Waals surface area contributed by atoms with Crippen LogP contribution in [0.15, 0.2) is 89.3 Å². The number of hydrogen-bond donors (Lipinski definition) is 2. The van der Waals surface area contributed by atoms with E-state index in [4.69, 9.17) is 14.2 Å². The number of carbonyl (C=O) groups excluding carboxylic acids is 2. The molecule has 0 saturated heterocycles. The van der Waals surface area contributed by atoms with E-state index >= 15 is 0 Å². The van der Waals surface area contributed by atoms with Crippen LogP contribution in [0, 0.1) is 10.1 Å². The molecule has 1 amide bonds. The number of amides is 1. The SMILES string of the molecule is COc1ccccc1NC(=O)C1=C(C)NC2=C(C(=O)C[C@@H](c3ccc(OC)c(OC)c3)C2)[C@H]1c1ccc([N+](=O)[O-])cc1. The van der Waals surface area contributed by atoms with Gasteiger partial charge in [0.05, 0.1) is 31.9 Å². The fourth-order valence-corrected chi connectivity index (χ4v) is 5.74. The summed E-state index contributed by atoms with van der Waals surface area (Å²) in [5.41, 5.74) is 4.09. The van der Waals surface area contributed by atoms with Crippen molar-refractivity contribution in [3.8, 4) is 17.2 Å². The number of para-hydroxylation sites is 2. The average Bonchev–Trinajstić information content (AvgIpc) is 3.00. The highest BCUT2D eigenvalue weighted by Gasteiger charge is 2.41. The summed E-state index contributed by atoms with van der Waals surface area (Å²) >= 11 is 0. The van der Waals surface area contributed by atoms with Crippen LogP contribution in [0.5, 0.6) is 17.2 Å². The number of methoxy groups -OCH3 is 3. The Morgan fingerprint density at radius 3 is 2.24 bits per heavy atom. The maximum Gasteiger partial charge on any atom is 0.269 e. The molecule has 42 heavy (non-hydrogen) atoms. The lowest BCUT2D eigenvalue weighted by Gasteiger charge is -2.37. The van der Waals surface area contributed by atoms with Gasteiger partial charge < -0.3 is 24.8 Å². The molecule has 1 aliphatic heterocycles. The van der Waals surface area contributed by atoms with Crippen molar-refractivity contribution in [3.63, 3.8) is 0 Å². The number of nitrogens with zero attached hydrogens (tertiary/aromatic N) is 1. The Hall–Kier alpha value is -5.12. The molecule has 10 heteroatoms. The van der Waals surface area contributed by atoms with Crippen molar-refractivity contribution in [1.82, 2.24) is 5.32 Å². The van der Waals surface area contributed by atoms with Gasteiger partial charge in [-0.05, 0) is 54.7 Å². The molecule has 0 radical (unpaired) electrons. The summed E-state index contributed by atoms with van der Waals surface area (Å²) in [5.74, 6) is 0.298. The molecule has 3 aromatic rings. The van der Waals surface area contributed by atoms with Crippen molar-refractivity contribution < 1.29 is 28.7 Å². The summed E-state index contributed by atoms with van der Waals surface area (Å²) in [5, 5.41) is 17.6. The molecule has 0 aromatic heterocycles. The average molecular weight is 570 g/mol. The number of carbonyl (C=O) groups is 2. The number of allylic oxidation sites excluding steroid dienone is 3. The minimum absolute atomic E-state index is 0.0777. The molecule has 10 nitrogen and oxygen atoms in total. The van der Waals surface area contributed by atoms with Gasteiger partial charge in [-0.15, -0.1) is 0 Å². The topological polar surface area (TPSA) is 129 Å². The fraction of sp³-hybridized carbons (Fsp3) is 0.250. The number of dihydropyridines is 1. The lowest BCUT2D eigenvalue weighted by atomic mass is 9.71. The molecule has 0 spiro atoms. The van der Waals surface area contributed by atoms with Crippen LogP contribution in [-0.2, 0) is 9.59 Å². The highest BCUT2D eigenvalue weighted by Crippen LogP contribution is 2.46. The van der Waals surface area contributed by atoms with Gasteiger partial charge in [0, 0.05) is 47.0 Å². The fourth-order valence-electron chi connectivity index (χ4n) is 5.74. The number of ether oxygens (including phenoxy) is 3. The highest BCUT2D eigenvalue weighted by molar-refractivity contribution is 6.10. The summed E-state index contributed by atoms with van der Waals surface area (Å²) in [6, 6.07) is 18.7. The highest BCUT2D eigenvalue weighted by atomic mass is 16.6. The van der Waals surface area contributed by atoms with Crippen LogP contribution < -0.4 is 24.8 Å². The number of nitrogens with one attached hydrogen (secondary N) is 2. The van der Waals surface area contributed by atoms with Gasteiger partial charge in [-0.1, -0.05) is 30.3 Å². The van der Waals surface area contributed by atoms with Crippen LogP contribution in [0.25, 0.3) is 0 Å². The summed E-state index contributed by atoms with van der Waals surface area (Å²) in [7, 11) is 4.65. The smallest absolute Gasteiger partial charge is 0.269 e. The summed E-state index contributed by atoms with van der Waals surface area (Å²) in [6.07, 6.45) is 0.749. The minimum Gasteiger partial charge on any atom is -0.495 e. The molecule has 3 aromatic carbocycles. The Balaban J connectivity index is 1.56. The zero-order valence-corrected chi connectivity index (χ0v) is 23.7. The van der Waals surface area contributed by atoms with Gasteiger partial charge in [-0.2, -0.15) is 0 Å². The normalized spacial score (nSPS) is 18.1. The molecule has 2 aliphatic rings. The van der Waals surface area contributed by atoms with Gasteiger partial charge in [-0.25, -0.2) is 0 Å². The third kappa shape index (κ3) is 5.30. The van der Waals surface area contributed by atoms with E-state index in [1.165, 1.54) is 19.2 Å². The van der Waals surface area contributed by atoms with Gasteiger partial charge in [0.25, 0.3) is 11.6 Å². The standard InChI is InChI=1S/C32H31N3O7/c1-18-29(32(37)34-23-7-5-6-8-26(23)40-2)30(19-9-12-22(13-10-19)35(38)39)31-24(33-18)15-21(16-25(31)36)20-11-14-27(41-3)28(17-20)42-4/h5-14,17,21,30,33H,15-16H2,1-4H3,(H,34,37)/t21-,30-/m0/s1. The quantitative estimate of drug-likeness (QED) is 0.264. The van der Waals surface area contributed by atoms with Crippen LogP contribution in [0.3, 0.4) is 0 Å². The lowest BCUT2D eigenvalue weighted by molar-refractivity contribution is -0.384. The number of benzene rings is 3. The third-order valence-corrected chi connectivity index (χ3v) is 7.74. The van der Waals surface area contributed by atoms with Crippen molar-refractivity contribution in [1.29, 1.82) is 0 Å². The number of ketones is 1. The zero-order valence-electron chi connectivity index (χ0n) is 23.7. The Bertz CT molecular complexity index is 1630. The summed E-state index contributed by atoms with van der Waals surface area (Å²) in [4.78, 5) is 38.7. The lowest BCUT2D eigenvalue weighted by Crippen LogP contribution is -2.37. The maximum absolute atomic E-state index is 13.9. The third-order valence-electron chi connectivity index (χ3n) is 7.74. The van der Waals surface area contributed by atoms with Crippen LogP contribution >= 0.6 is 0 Å². The predicted molar refractivity (Wildman–Crippen MR) is 157 cm³/mol. The second kappa shape index (κ2) is 11.8. The second-order valence-electron chi connectivity index (χ2n) is 10.1. The Morgan fingerprint density at radius 2 is 1.57 bits per heavy atom. The van der Waals surface area contributed by atoms with Gasteiger partial charge in [0.2, 0.25) is 0 Å². The van der Waals surface area contributed by atoms with Crippen LogP contribution in [0.1, 0.15) is 42.7 Å². The van der Waals surface area contributed by atoms with Gasteiger partial charge in [0.1, 0.15) is 5.75 Å². The largest absolute Gasteiger partial charge is 0.495 e. The molecule has 0 unspecified atom stereocenters. The van der Waals surface area contributed by atoms with Crippen molar-refractivity contribution in [2.45, 2.75) is 31.6 Å². The number of non-ortho nitro benzene ring substituents is 1. The number of rotatable bonds is 8. The first-order chi connectivity index (χ1) is 20.2. The van der Waals surface area contributed by atoms with Crippen molar-refractivity contribution in [2.24, 2.45) is 0 Å². The van der Waals surface area contributed by atoms with E-state index in [1.54, 1.807) is 57.5 Å². The van der Waals surface area contributed by atoms with Crippen LogP contribution in [0.4, 0.5) is 11.4 Å². The Kier molecular flexibility index (Phi) is 7.97. The van der Waals surface area contributed by atoms with E-state index < -0.39 is 16.7 Å². The molecule has 5 rings (SSSR count). The van der Waals surface area contributed by atoms with Gasteiger partial charge >= 0.3 is 0 Å². The first-order valence-electron chi connectivity index (χ1n) is 13.4. The summed E-state index contributed by atoms with van der Waals surface area (Å²) < 4.78 is 16.3. The van der Waals surface area contributed by atoms with Crippen molar-refractivity contribution in [3.05, 3.63) is 111 Å². The Morgan fingerprint density at radius 1 is 0.905 bits per heavy atom. The molecule has 0 saturated carbocycles. The van der Waals surface area contributed by atoms with E-state index in [-0.39, 0.29) is 23.8 Å². The minimum atomic E-state index is -0.726. The number of nitro benzene ring substituents is 1. The van der Waals surface area contributed by atoms with E-state index in [9.17, 15) is 19.7 Å². The monoisotopic (exact) mass is 569 g/mol. The predicted octanol–water partition coefficient (Wildman–Crippen LogP) is 5.62. The molecule has 1 aliphatic carbocycles. The first-order valence-corrected chi connectivity index (χ1v) is 13.4. The zero-order chi connectivity index (χ0) is 30.0. The van der Waals surface area contributed by atoms with E-state index in [2.05, 4.69) is 10.6 Å². The summed E-state index contributed by atoms with van der Waals surface area (Å²) in [6.45, 7) is 1.80. The first kappa shape index (κ1) is 28.4. The van der Waals surface area contributed by atoms with Crippen LogP contribution in [-0.4, -0.2) is 37.9 Å². The molecule has 2 N–H and O–H groups in total. The molecule has 216 valence electrons. The van der Waals surface area contributed by atoms with Crippen LogP contribution in [0.2, 0.25) is 0 Å². The molecule has 2 atom stereocenters. The Labute approximate surface area is 243 Å². The number of anilines is 1. The molecular weight excluding hydrogens is 538 g/mol. The molecule has 0 fully saturated rings. The van der Waals surface area contributed by atoms with E-state index in [0.29, 0.717) is 51.8 Å². The second-order valence-corrected chi connectivity index (χ2v) is 10.1. The van der Waals surface area contributed by atoms with Gasteiger partial charge in [-0.3, -0.25) is 19.7 Å². The van der Waals surface area contributed by atoms with Crippen molar-refractivity contribution in [2.75, 3.05) is 26.6 Å². The van der Waals surface area contributed by atoms with Gasteiger partial charge in [0.15, 0.2) is 17.3 Å². The number of Topliss-reactive ketones (excluding diaryl/α,β-unsaturated/α-hetero) is 1. The maximum atomic E-state index is 13.9.